The second-order valence-corrected chi connectivity index (χ2v) is 9.81. The summed E-state index contributed by atoms with van der Waals surface area (Å²) in [5, 5.41) is 3.47. The van der Waals surface area contributed by atoms with Gasteiger partial charge >= 0.3 is 0 Å². The predicted molar refractivity (Wildman–Crippen MR) is 105 cm³/mol. The van der Waals surface area contributed by atoms with Crippen molar-refractivity contribution in [2.45, 2.75) is 64.3 Å². The number of hydrogen-bond acceptors (Lipinski definition) is 2. The van der Waals surface area contributed by atoms with Crippen LogP contribution in [-0.2, 0) is 9.59 Å². The average molecular weight is 367 g/mol. The van der Waals surface area contributed by atoms with E-state index in [2.05, 4.69) is 25.2 Å². The Bertz CT molecular complexity index is 764. The topological polar surface area (TPSA) is 49.4 Å². The Balaban J connectivity index is 1.31. The van der Waals surface area contributed by atoms with Gasteiger partial charge in [0.25, 0.3) is 0 Å². The molecule has 4 bridgehead atoms. The van der Waals surface area contributed by atoms with Crippen LogP contribution in [0.2, 0.25) is 0 Å². The van der Waals surface area contributed by atoms with Gasteiger partial charge in [0, 0.05) is 24.2 Å². The number of carbonyl (C=O) groups is 2. The fourth-order valence-electron chi connectivity index (χ4n) is 6.77. The lowest BCUT2D eigenvalue weighted by Gasteiger charge is -2.57. The molecule has 1 saturated heterocycles. The minimum Gasteiger partial charge on any atom is -0.350 e. The number of amides is 2. The highest BCUT2D eigenvalue weighted by molar-refractivity contribution is 6.01. The molecule has 1 N–H and O–H groups in total. The van der Waals surface area contributed by atoms with Crippen molar-refractivity contribution in [3.8, 4) is 0 Å². The van der Waals surface area contributed by atoms with Crippen molar-refractivity contribution in [1.82, 2.24) is 5.32 Å². The van der Waals surface area contributed by atoms with Crippen molar-refractivity contribution < 1.29 is 9.59 Å². The van der Waals surface area contributed by atoms with Crippen molar-refractivity contribution in [2.75, 3.05) is 11.4 Å². The Morgan fingerprint density at radius 2 is 1.70 bits per heavy atom. The van der Waals surface area contributed by atoms with Crippen LogP contribution in [0.15, 0.2) is 18.2 Å². The number of nitrogens with zero attached hydrogens (tertiary/aromatic N) is 1. The molecule has 1 aromatic rings. The second kappa shape index (κ2) is 6.08. The van der Waals surface area contributed by atoms with E-state index in [9.17, 15) is 9.59 Å². The molecule has 0 aromatic heterocycles. The van der Waals surface area contributed by atoms with Crippen LogP contribution in [0.3, 0.4) is 0 Å². The van der Waals surface area contributed by atoms with Gasteiger partial charge in [0.05, 0.1) is 5.92 Å². The van der Waals surface area contributed by atoms with Gasteiger partial charge in [0.2, 0.25) is 11.8 Å². The molecule has 4 aliphatic carbocycles. The van der Waals surface area contributed by atoms with Crippen LogP contribution in [0, 0.1) is 37.5 Å². The van der Waals surface area contributed by atoms with Crippen LogP contribution in [0.4, 0.5) is 5.69 Å². The van der Waals surface area contributed by atoms with Gasteiger partial charge in [0.15, 0.2) is 0 Å². The van der Waals surface area contributed by atoms with E-state index in [4.69, 9.17) is 0 Å². The van der Waals surface area contributed by atoms with E-state index in [0.717, 1.165) is 48.3 Å². The molecular formula is C23H30N2O2. The molecule has 1 aliphatic heterocycles. The van der Waals surface area contributed by atoms with E-state index in [0.29, 0.717) is 13.0 Å². The van der Waals surface area contributed by atoms with Crippen molar-refractivity contribution >= 4 is 17.5 Å². The molecular weight excluding hydrogens is 336 g/mol. The Kier molecular flexibility index (Phi) is 3.89. The zero-order valence-corrected chi connectivity index (χ0v) is 16.5. The summed E-state index contributed by atoms with van der Waals surface area (Å²) in [6.45, 7) is 4.64. The molecule has 5 aliphatic rings. The third-order valence-corrected chi connectivity index (χ3v) is 7.79. The van der Waals surface area contributed by atoms with E-state index in [1.807, 2.05) is 17.0 Å². The normalized spacial score (nSPS) is 37.1. The fourth-order valence-corrected chi connectivity index (χ4v) is 6.77. The van der Waals surface area contributed by atoms with Gasteiger partial charge in [-0.25, -0.2) is 0 Å². The lowest BCUT2D eigenvalue weighted by molar-refractivity contribution is -0.131. The summed E-state index contributed by atoms with van der Waals surface area (Å²) in [5.74, 6) is 2.41. The zero-order chi connectivity index (χ0) is 18.8. The molecule has 1 aromatic carbocycles. The minimum absolute atomic E-state index is 0.0293. The molecule has 1 atom stereocenters. The van der Waals surface area contributed by atoms with Crippen molar-refractivity contribution in [3.05, 3.63) is 29.3 Å². The van der Waals surface area contributed by atoms with Gasteiger partial charge in [-0.15, -0.1) is 0 Å². The average Bonchev–Trinajstić information content (AvgIpc) is 2.97. The van der Waals surface area contributed by atoms with Crippen LogP contribution in [0.25, 0.3) is 0 Å². The summed E-state index contributed by atoms with van der Waals surface area (Å²) in [6, 6.07) is 6.06. The highest BCUT2D eigenvalue weighted by atomic mass is 16.2. The summed E-state index contributed by atoms with van der Waals surface area (Å²) < 4.78 is 0. The van der Waals surface area contributed by atoms with Crippen LogP contribution >= 0.6 is 0 Å². The minimum atomic E-state index is -0.217. The molecule has 1 unspecified atom stereocenters. The van der Waals surface area contributed by atoms with Crippen LogP contribution in [0.1, 0.15) is 56.1 Å². The first-order chi connectivity index (χ1) is 12.9. The number of nitrogens with one attached hydrogen (secondary N) is 1. The Morgan fingerprint density at radius 3 is 2.33 bits per heavy atom. The molecule has 5 fully saturated rings. The Morgan fingerprint density at radius 1 is 1.07 bits per heavy atom. The monoisotopic (exact) mass is 366 g/mol. The van der Waals surface area contributed by atoms with E-state index >= 15 is 0 Å². The van der Waals surface area contributed by atoms with Gasteiger partial charge < -0.3 is 10.2 Å². The highest BCUT2D eigenvalue weighted by Crippen LogP contribution is 2.55. The van der Waals surface area contributed by atoms with Crippen LogP contribution < -0.4 is 10.2 Å². The van der Waals surface area contributed by atoms with Crippen molar-refractivity contribution in [1.29, 1.82) is 0 Å². The zero-order valence-electron chi connectivity index (χ0n) is 16.5. The lowest BCUT2D eigenvalue weighted by atomic mass is 9.53. The van der Waals surface area contributed by atoms with Gasteiger partial charge in [-0.3, -0.25) is 9.59 Å². The number of hydrogen-bond donors (Lipinski definition) is 1. The molecule has 27 heavy (non-hydrogen) atoms. The molecule has 0 spiro atoms. The Labute approximate surface area is 161 Å². The maximum absolute atomic E-state index is 13.1. The maximum Gasteiger partial charge on any atom is 0.227 e. The molecule has 2 amide bonds. The fraction of sp³-hybridized carbons (Fsp3) is 0.652. The standard InChI is InChI=1S/C23H30N2O2/c1-14-4-3-5-20(15(14)2)25-13-19(9-21(25)26)22(27)24-23-10-16-6-17(11-23)8-18(7-16)12-23/h3-5,16-19H,6-13H2,1-2H3,(H,24,27). The molecule has 4 nitrogen and oxygen atoms in total. The van der Waals surface area contributed by atoms with Crippen LogP contribution in [0.5, 0.6) is 0 Å². The number of aryl methyl sites for hydroxylation is 1. The van der Waals surface area contributed by atoms with E-state index in [1.165, 1.54) is 24.8 Å². The molecule has 1 heterocycles. The third kappa shape index (κ3) is 2.88. The quantitative estimate of drug-likeness (QED) is 0.886. The first-order valence-corrected chi connectivity index (χ1v) is 10.6. The highest BCUT2D eigenvalue weighted by Gasteiger charge is 2.52. The summed E-state index contributed by atoms with van der Waals surface area (Å²) in [7, 11) is 0. The van der Waals surface area contributed by atoms with Gasteiger partial charge in [-0.05, 0) is 87.3 Å². The maximum atomic E-state index is 13.1. The molecule has 4 saturated carbocycles. The number of anilines is 1. The van der Waals surface area contributed by atoms with Gasteiger partial charge in [-0.1, -0.05) is 12.1 Å². The van der Waals surface area contributed by atoms with Crippen molar-refractivity contribution in [3.63, 3.8) is 0 Å². The summed E-state index contributed by atoms with van der Waals surface area (Å²) in [6.07, 6.45) is 7.93. The molecule has 4 heteroatoms. The molecule has 144 valence electrons. The molecule has 0 radical (unpaired) electrons. The third-order valence-electron chi connectivity index (χ3n) is 7.79. The number of carbonyl (C=O) groups excluding carboxylic acids is 2. The number of rotatable bonds is 3. The van der Waals surface area contributed by atoms with E-state index in [1.54, 1.807) is 0 Å². The second-order valence-electron chi connectivity index (χ2n) is 9.81. The van der Waals surface area contributed by atoms with Crippen molar-refractivity contribution in [2.24, 2.45) is 23.7 Å². The lowest BCUT2D eigenvalue weighted by Crippen LogP contribution is -2.60. The summed E-state index contributed by atoms with van der Waals surface area (Å²) in [4.78, 5) is 27.6. The summed E-state index contributed by atoms with van der Waals surface area (Å²) in [5.41, 5.74) is 3.31. The smallest absolute Gasteiger partial charge is 0.227 e. The van der Waals surface area contributed by atoms with Gasteiger partial charge in [-0.2, -0.15) is 0 Å². The predicted octanol–water partition coefficient (Wildman–Crippen LogP) is 3.74. The molecule has 6 rings (SSSR count). The van der Waals surface area contributed by atoms with Gasteiger partial charge in [0.1, 0.15) is 0 Å². The van der Waals surface area contributed by atoms with Crippen LogP contribution in [-0.4, -0.2) is 23.9 Å². The largest absolute Gasteiger partial charge is 0.350 e. The number of benzene rings is 1. The van der Waals surface area contributed by atoms with E-state index in [-0.39, 0.29) is 23.3 Å². The van der Waals surface area contributed by atoms with E-state index < -0.39 is 0 Å². The summed E-state index contributed by atoms with van der Waals surface area (Å²) >= 11 is 0. The SMILES string of the molecule is Cc1cccc(N2CC(C(=O)NC34CC5CC(CC(C5)C3)C4)CC2=O)c1C. The first-order valence-electron chi connectivity index (χ1n) is 10.6. The Hall–Kier alpha value is -1.84. The first kappa shape index (κ1) is 17.3.